The van der Waals surface area contributed by atoms with Crippen molar-refractivity contribution in [1.82, 2.24) is 0 Å². The monoisotopic (exact) mass is 278 g/mol. The first-order valence-electron chi connectivity index (χ1n) is 6.83. The van der Waals surface area contributed by atoms with E-state index in [1.807, 2.05) is 38.1 Å². The lowest BCUT2D eigenvalue weighted by Crippen LogP contribution is -2.57. The van der Waals surface area contributed by atoms with Gasteiger partial charge in [0.15, 0.2) is 0 Å². The molecule has 1 aliphatic heterocycles. The predicted molar refractivity (Wildman–Crippen MR) is 77.8 cm³/mol. The highest BCUT2D eigenvalue weighted by atomic mass is 16.5. The van der Waals surface area contributed by atoms with E-state index in [1.54, 1.807) is 7.11 Å². The third-order valence-electron chi connectivity index (χ3n) is 3.69. The predicted octanol–water partition coefficient (Wildman–Crippen LogP) is 1.92. The van der Waals surface area contributed by atoms with Crippen LogP contribution in [0.1, 0.15) is 26.7 Å². The number of carbonyl (C=O) groups excluding carboxylic acids is 1. The molecule has 0 spiro atoms. The number of carbonyl (C=O) groups is 1. The Morgan fingerprint density at radius 1 is 1.35 bits per heavy atom. The van der Waals surface area contributed by atoms with E-state index in [0.717, 1.165) is 5.69 Å². The Bertz CT molecular complexity index is 480. The molecule has 5 heteroatoms. The van der Waals surface area contributed by atoms with Crippen LogP contribution in [0.4, 0.5) is 5.69 Å². The number of methoxy groups -OCH3 is 1. The number of rotatable bonds is 4. The van der Waals surface area contributed by atoms with Gasteiger partial charge < -0.3 is 20.5 Å². The number of ether oxygens (including phenoxy) is 2. The summed E-state index contributed by atoms with van der Waals surface area (Å²) in [6.45, 7) is 3.91. The summed E-state index contributed by atoms with van der Waals surface area (Å²) >= 11 is 0. The Morgan fingerprint density at radius 3 is 2.50 bits per heavy atom. The number of primary amides is 1. The lowest BCUT2D eigenvalue weighted by molar-refractivity contribution is -0.131. The van der Waals surface area contributed by atoms with Crippen LogP contribution in [0.25, 0.3) is 0 Å². The lowest BCUT2D eigenvalue weighted by Gasteiger charge is -2.41. The molecule has 1 heterocycles. The Kier molecular flexibility index (Phi) is 4.18. The van der Waals surface area contributed by atoms with Crippen molar-refractivity contribution in [3.63, 3.8) is 0 Å². The molecule has 0 radical (unpaired) electrons. The Hall–Kier alpha value is -1.75. The minimum Gasteiger partial charge on any atom is -0.495 e. The average Bonchev–Trinajstić information content (AvgIpc) is 2.38. The van der Waals surface area contributed by atoms with Gasteiger partial charge in [-0.25, -0.2) is 0 Å². The number of benzene rings is 1. The van der Waals surface area contributed by atoms with Crippen molar-refractivity contribution in [1.29, 1.82) is 0 Å². The second-order valence-corrected chi connectivity index (χ2v) is 5.44. The molecule has 1 aliphatic rings. The van der Waals surface area contributed by atoms with Crippen molar-refractivity contribution in [3.8, 4) is 5.75 Å². The number of anilines is 1. The first-order valence-corrected chi connectivity index (χ1v) is 6.83. The lowest BCUT2D eigenvalue weighted by atomic mass is 9.83. The number of nitrogens with one attached hydrogen (secondary N) is 1. The van der Waals surface area contributed by atoms with Gasteiger partial charge in [-0.1, -0.05) is 12.1 Å². The molecule has 2 rings (SSSR count). The second-order valence-electron chi connectivity index (χ2n) is 5.44. The summed E-state index contributed by atoms with van der Waals surface area (Å²) < 4.78 is 11.0. The molecule has 1 aromatic rings. The zero-order valence-corrected chi connectivity index (χ0v) is 12.2. The summed E-state index contributed by atoms with van der Waals surface area (Å²) in [5.74, 6) is 0.338. The molecule has 0 aliphatic carbocycles. The van der Waals surface area contributed by atoms with Crippen molar-refractivity contribution in [2.75, 3.05) is 12.4 Å². The molecule has 3 N–H and O–H groups in total. The van der Waals surface area contributed by atoms with Crippen LogP contribution in [0.2, 0.25) is 0 Å². The molecule has 1 saturated heterocycles. The number of para-hydroxylation sites is 2. The molecule has 1 aromatic carbocycles. The van der Waals surface area contributed by atoms with Gasteiger partial charge in [0.05, 0.1) is 25.0 Å². The van der Waals surface area contributed by atoms with Crippen LogP contribution in [0.15, 0.2) is 24.3 Å². The van der Waals surface area contributed by atoms with E-state index >= 15 is 0 Å². The van der Waals surface area contributed by atoms with Gasteiger partial charge in [-0.2, -0.15) is 0 Å². The Labute approximate surface area is 119 Å². The maximum atomic E-state index is 12.0. The number of hydrogen-bond donors (Lipinski definition) is 2. The van der Waals surface area contributed by atoms with Crippen LogP contribution in [-0.2, 0) is 9.53 Å². The number of amides is 1. The largest absolute Gasteiger partial charge is 0.495 e. The average molecular weight is 278 g/mol. The zero-order chi connectivity index (χ0) is 14.8. The first-order chi connectivity index (χ1) is 9.47. The molecular weight excluding hydrogens is 256 g/mol. The highest BCUT2D eigenvalue weighted by molar-refractivity contribution is 5.88. The van der Waals surface area contributed by atoms with Gasteiger partial charge in [0.25, 0.3) is 0 Å². The van der Waals surface area contributed by atoms with Crippen molar-refractivity contribution in [3.05, 3.63) is 24.3 Å². The van der Waals surface area contributed by atoms with Crippen molar-refractivity contribution in [2.45, 2.75) is 44.4 Å². The first kappa shape index (κ1) is 14.7. The minimum atomic E-state index is -0.800. The summed E-state index contributed by atoms with van der Waals surface area (Å²) in [6, 6.07) is 7.51. The molecule has 5 nitrogen and oxygen atoms in total. The van der Waals surface area contributed by atoms with Gasteiger partial charge >= 0.3 is 0 Å². The van der Waals surface area contributed by atoms with Crippen LogP contribution in [0, 0.1) is 0 Å². The van der Waals surface area contributed by atoms with Crippen LogP contribution < -0.4 is 15.8 Å². The van der Waals surface area contributed by atoms with Crippen LogP contribution >= 0.6 is 0 Å². The molecule has 1 amide bonds. The summed E-state index contributed by atoms with van der Waals surface area (Å²) in [5, 5.41) is 3.29. The molecule has 2 atom stereocenters. The van der Waals surface area contributed by atoms with E-state index in [4.69, 9.17) is 15.2 Å². The van der Waals surface area contributed by atoms with E-state index in [9.17, 15) is 4.79 Å². The zero-order valence-electron chi connectivity index (χ0n) is 12.2. The maximum absolute atomic E-state index is 12.0. The molecule has 110 valence electrons. The van der Waals surface area contributed by atoms with Gasteiger partial charge in [-0.15, -0.1) is 0 Å². The normalized spacial score (nSPS) is 29.8. The SMILES string of the molecule is COc1ccccc1NC1(C(N)=O)CC(C)OC(C)C1. The minimum absolute atomic E-state index is 0.0199. The molecule has 1 fully saturated rings. The molecule has 0 saturated carbocycles. The van der Waals surface area contributed by atoms with Crippen LogP contribution in [0.5, 0.6) is 5.75 Å². The van der Waals surface area contributed by atoms with Gasteiger partial charge in [0, 0.05) is 12.8 Å². The molecule has 0 aromatic heterocycles. The number of hydrogen-bond acceptors (Lipinski definition) is 4. The Morgan fingerprint density at radius 2 is 1.95 bits per heavy atom. The maximum Gasteiger partial charge on any atom is 0.243 e. The quantitative estimate of drug-likeness (QED) is 0.882. The fraction of sp³-hybridized carbons (Fsp3) is 0.533. The van der Waals surface area contributed by atoms with Crippen LogP contribution in [0.3, 0.4) is 0 Å². The third kappa shape index (κ3) is 2.88. The van der Waals surface area contributed by atoms with Gasteiger partial charge in [-0.05, 0) is 26.0 Å². The van der Waals surface area contributed by atoms with E-state index in [0.29, 0.717) is 18.6 Å². The van der Waals surface area contributed by atoms with Crippen molar-refractivity contribution in [2.24, 2.45) is 5.73 Å². The van der Waals surface area contributed by atoms with E-state index in [-0.39, 0.29) is 18.1 Å². The standard InChI is InChI=1S/C15H22N2O3/c1-10-8-15(14(16)18,9-11(2)20-10)17-12-6-4-5-7-13(12)19-3/h4-7,10-11,17H,8-9H2,1-3H3,(H2,16,18). The van der Waals surface area contributed by atoms with E-state index < -0.39 is 5.54 Å². The fourth-order valence-electron chi connectivity index (χ4n) is 2.93. The molecule has 0 bridgehead atoms. The molecule has 20 heavy (non-hydrogen) atoms. The van der Waals surface area contributed by atoms with E-state index in [2.05, 4.69) is 5.32 Å². The topological polar surface area (TPSA) is 73.6 Å². The van der Waals surface area contributed by atoms with E-state index in [1.165, 1.54) is 0 Å². The van der Waals surface area contributed by atoms with Gasteiger partial charge in [-0.3, -0.25) is 4.79 Å². The van der Waals surface area contributed by atoms with Crippen molar-refractivity contribution >= 4 is 11.6 Å². The highest BCUT2D eigenvalue weighted by Gasteiger charge is 2.43. The summed E-state index contributed by atoms with van der Waals surface area (Å²) in [6.07, 6.45) is 1.05. The summed E-state index contributed by atoms with van der Waals surface area (Å²) in [4.78, 5) is 12.0. The van der Waals surface area contributed by atoms with Gasteiger partial charge in [0.1, 0.15) is 11.3 Å². The smallest absolute Gasteiger partial charge is 0.243 e. The highest BCUT2D eigenvalue weighted by Crippen LogP contribution is 2.35. The van der Waals surface area contributed by atoms with Crippen LogP contribution in [-0.4, -0.2) is 30.8 Å². The summed E-state index contributed by atoms with van der Waals surface area (Å²) in [7, 11) is 1.60. The Balaban J connectivity index is 2.32. The second kappa shape index (κ2) is 5.71. The molecule has 2 unspecified atom stereocenters. The number of nitrogens with two attached hydrogens (primary N) is 1. The fourth-order valence-corrected chi connectivity index (χ4v) is 2.93. The summed E-state index contributed by atoms with van der Waals surface area (Å²) in [5.41, 5.74) is 5.64. The van der Waals surface area contributed by atoms with Gasteiger partial charge in [0.2, 0.25) is 5.91 Å². The molecular formula is C15H22N2O3. The third-order valence-corrected chi connectivity index (χ3v) is 3.69. The van der Waals surface area contributed by atoms with Crippen molar-refractivity contribution < 1.29 is 14.3 Å².